The van der Waals surface area contributed by atoms with E-state index >= 15 is 0 Å². The molecule has 0 bridgehead atoms. The van der Waals surface area contributed by atoms with E-state index in [0.29, 0.717) is 11.8 Å². The van der Waals surface area contributed by atoms with Gasteiger partial charge in [-0.2, -0.15) is 0 Å². The highest BCUT2D eigenvalue weighted by atomic mass is 16.7. The molecule has 198 valence electrons. The number of hydroxylamine groups is 1. The average Bonchev–Trinajstić information content (AvgIpc) is 3.23. The van der Waals surface area contributed by atoms with E-state index in [1.165, 1.54) is 17.9 Å². The number of anilines is 1. The normalized spacial score (nSPS) is 11.8. The Labute approximate surface area is 219 Å². The van der Waals surface area contributed by atoms with Crippen LogP contribution in [-0.2, 0) is 25.8 Å². The molecule has 0 spiro atoms. The summed E-state index contributed by atoms with van der Waals surface area (Å²) in [6.45, 7) is 16.5. The zero-order valence-electron chi connectivity index (χ0n) is 22.5. The fourth-order valence-corrected chi connectivity index (χ4v) is 3.11. The molecule has 0 unspecified atom stereocenters. The van der Waals surface area contributed by atoms with E-state index in [4.69, 9.17) is 14.4 Å². The number of fused-ring (bicyclic) bond motifs is 1. The minimum absolute atomic E-state index is 0.0623. The number of benzene rings is 2. The van der Waals surface area contributed by atoms with Crippen LogP contribution in [0.2, 0.25) is 0 Å². The van der Waals surface area contributed by atoms with E-state index in [9.17, 15) is 9.59 Å². The van der Waals surface area contributed by atoms with Crippen LogP contribution in [0.25, 0.3) is 11.1 Å². The first kappa shape index (κ1) is 31.0. The number of carbonyl (C=O) groups excluding carboxylic acids is 4. The van der Waals surface area contributed by atoms with Crippen LogP contribution in [0, 0.1) is 5.92 Å². The Morgan fingerprint density at radius 2 is 1.65 bits per heavy atom. The van der Waals surface area contributed by atoms with Crippen molar-refractivity contribution >= 4 is 30.1 Å². The molecule has 0 saturated carbocycles. The third-order valence-corrected chi connectivity index (χ3v) is 5.93. The lowest BCUT2D eigenvalue weighted by Gasteiger charge is -2.29. The molecule has 2 aromatic rings. The second-order valence-corrected chi connectivity index (χ2v) is 8.90. The largest absolute Gasteiger partial charge is 0.388 e. The quantitative estimate of drug-likeness (QED) is 0.298. The van der Waals surface area contributed by atoms with Crippen molar-refractivity contribution in [3.63, 3.8) is 0 Å². The lowest BCUT2D eigenvalue weighted by Crippen LogP contribution is -2.42. The van der Waals surface area contributed by atoms with E-state index in [-0.39, 0.29) is 24.1 Å². The third-order valence-electron chi connectivity index (χ3n) is 5.93. The van der Waals surface area contributed by atoms with Gasteiger partial charge in [-0.05, 0) is 67.7 Å². The molecule has 2 aromatic carbocycles. The van der Waals surface area contributed by atoms with Crippen molar-refractivity contribution in [1.29, 1.82) is 0 Å². The van der Waals surface area contributed by atoms with Gasteiger partial charge in [0.2, 0.25) is 0 Å². The smallest absolute Gasteiger partial charge is 0.290 e. The first-order valence-corrected chi connectivity index (χ1v) is 11.8. The van der Waals surface area contributed by atoms with Gasteiger partial charge in [-0.1, -0.05) is 51.3 Å². The molecule has 8 heteroatoms. The molecule has 2 amide bonds. The van der Waals surface area contributed by atoms with Crippen molar-refractivity contribution in [2.45, 2.75) is 46.8 Å². The second kappa shape index (κ2) is 14.5. The fourth-order valence-electron chi connectivity index (χ4n) is 3.11. The van der Waals surface area contributed by atoms with Gasteiger partial charge >= 0.3 is 0 Å². The molecule has 1 aliphatic heterocycles. The van der Waals surface area contributed by atoms with Gasteiger partial charge < -0.3 is 10.1 Å². The molecular formula is C29H37N3O5. The lowest BCUT2D eigenvalue weighted by atomic mass is 9.95. The topological polar surface area (TPSA) is 105 Å². The maximum absolute atomic E-state index is 13.0. The molecule has 8 nitrogen and oxygen atoms in total. The third kappa shape index (κ3) is 8.25. The number of aldehydes is 2. The molecule has 0 atom stereocenters. The van der Waals surface area contributed by atoms with Crippen LogP contribution in [0.1, 0.15) is 50.5 Å². The first-order chi connectivity index (χ1) is 17.5. The van der Waals surface area contributed by atoms with Gasteiger partial charge in [0.25, 0.3) is 11.8 Å². The summed E-state index contributed by atoms with van der Waals surface area (Å²) in [4.78, 5) is 50.4. The minimum atomic E-state index is -0.541. The first-order valence-electron chi connectivity index (χ1n) is 11.8. The molecule has 0 aliphatic carbocycles. The van der Waals surface area contributed by atoms with Gasteiger partial charge in [-0.25, -0.2) is 5.48 Å². The summed E-state index contributed by atoms with van der Waals surface area (Å²) in [5.41, 5.74) is 6.43. The predicted molar refractivity (Wildman–Crippen MR) is 147 cm³/mol. The highest BCUT2D eigenvalue weighted by Crippen LogP contribution is 2.34. The van der Waals surface area contributed by atoms with Crippen LogP contribution in [0.3, 0.4) is 0 Å². The summed E-state index contributed by atoms with van der Waals surface area (Å²) in [5, 5.41) is 3.10. The Kier molecular flexibility index (Phi) is 12.1. The summed E-state index contributed by atoms with van der Waals surface area (Å²) in [6, 6.07) is 13.6. The predicted octanol–water partition coefficient (Wildman–Crippen LogP) is 4.92. The molecule has 1 aliphatic rings. The molecule has 37 heavy (non-hydrogen) atoms. The monoisotopic (exact) mass is 507 g/mol. The Bertz CT molecular complexity index is 1110. The number of hydrogen-bond donors (Lipinski definition) is 2. The standard InChI is InChI=1S/C24H29N3O3.C3H4O.C2H4O/c1-15(2)24(4,5)30-26-22(28)16(3)27-14-21-19(8-7-9-20(21)23(27)29)17-10-12-18(25-6)13-11-17;1-2-3-4;1-2-3/h7-13,15,25H,3,14H2,1-2,4-6H3,(H,26,28);2-3H,1H2;2H,1H3. The zero-order chi connectivity index (χ0) is 28.2. The number of nitrogens with one attached hydrogen (secondary N) is 2. The van der Waals surface area contributed by atoms with Crippen LogP contribution in [0.4, 0.5) is 5.69 Å². The van der Waals surface area contributed by atoms with Crippen molar-refractivity contribution in [2.75, 3.05) is 12.4 Å². The van der Waals surface area contributed by atoms with Crippen molar-refractivity contribution in [3.8, 4) is 11.1 Å². The Balaban J connectivity index is 0.000000873. The highest BCUT2D eigenvalue weighted by Gasteiger charge is 2.34. The summed E-state index contributed by atoms with van der Waals surface area (Å²) >= 11 is 0. The Morgan fingerprint density at radius 3 is 2.14 bits per heavy atom. The number of carbonyl (C=O) groups is 4. The lowest BCUT2D eigenvalue weighted by molar-refractivity contribution is -0.151. The Hall–Kier alpha value is -4.04. The van der Waals surface area contributed by atoms with Gasteiger partial charge in [0, 0.05) is 18.3 Å². The molecule has 3 rings (SSSR count). The molecule has 2 N–H and O–H groups in total. The number of allylic oxidation sites excluding steroid dienone is 1. The van der Waals surface area contributed by atoms with Crippen molar-refractivity contribution in [1.82, 2.24) is 10.4 Å². The van der Waals surface area contributed by atoms with E-state index in [1.807, 2.05) is 71.1 Å². The van der Waals surface area contributed by atoms with E-state index in [2.05, 4.69) is 24.0 Å². The van der Waals surface area contributed by atoms with E-state index in [0.717, 1.165) is 28.7 Å². The van der Waals surface area contributed by atoms with Gasteiger partial charge in [0.15, 0.2) is 0 Å². The molecule has 1 heterocycles. The van der Waals surface area contributed by atoms with Gasteiger partial charge in [-0.15, -0.1) is 0 Å². The van der Waals surface area contributed by atoms with Crippen LogP contribution < -0.4 is 10.8 Å². The van der Waals surface area contributed by atoms with E-state index in [1.54, 1.807) is 6.07 Å². The van der Waals surface area contributed by atoms with Crippen molar-refractivity contribution in [2.24, 2.45) is 5.92 Å². The van der Waals surface area contributed by atoms with Gasteiger partial charge in [0.05, 0.1) is 12.1 Å². The summed E-state index contributed by atoms with van der Waals surface area (Å²) in [5.74, 6) is -0.563. The average molecular weight is 508 g/mol. The summed E-state index contributed by atoms with van der Waals surface area (Å²) in [7, 11) is 1.87. The number of nitrogens with zero attached hydrogens (tertiary/aromatic N) is 1. The van der Waals surface area contributed by atoms with Gasteiger partial charge in [-0.3, -0.25) is 24.1 Å². The maximum atomic E-state index is 13.0. The highest BCUT2D eigenvalue weighted by molar-refractivity contribution is 6.06. The van der Waals surface area contributed by atoms with Crippen LogP contribution >= 0.6 is 0 Å². The van der Waals surface area contributed by atoms with Crippen LogP contribution in [-0.4, -0.2) is 41.9 Å². The zero-order valence-corrected chi connectivity index (χ0v) is 22.5. The Morgan fingerprint density at radius 1 is 1.11 bits per heavy atom. The van der Waals surface area contributed by atoms with Crippen molar-refractivity contribution in [3.05, 3.63) is 78.5 Å². The number of amides is 2. The van der Waals surface area contributed by atoms with Crippen molar-refractivity contribution < 1.29 is 24.0 Å². The summed E-state index contributed by atoms with van der Waals surface area (Å²) < 4.78 is 0. The molecule has 0 aromatic heterocycles. The van der Waals surface area contributed by atoms with E-state index < -0.39 is 11.5 Å². The number of rotatable bonds is 8. The summed E-state index contributed by atoms with van der Waals surface area (Å²) in [6.07, 6.45) is 2.58. The van der Waals surface area contributed by atoms with Crippen LogP contribution in [0.15, 0.2) is 67.4 Å². The molecular weight excluding hydrogens is 470 g/mol. The minimum Gasteiger partial charge on any atom is -0.388 e. The molecule has 0 fully saturated rings. The second-order valence-electron chi connectivity index (χ2n) is 8.90. The molecule has 0 radical (unpaired) electrons. The van der Waals surface area contributed by atoms with Gasteiger partial charge in [0.1, 0.15) is 18.3 Å². The maximum Gasteiger partial charge on any atom is 0.290 e. The SMILES string of the molecule is C=C(C(=O)NOC(C)(C)C(C)C)N1Cc2c(cccc2-c2ccc(NC)cc2)C1=O.C=CC=O.CC=O. The molecule has 0 saturated heterocycles. The fraction of sp³-hybridized carbons (Fsp3) is 0.310. The number of hydrogen-bond acceptors (Lipinski definition) is 6. The van der Waals surface area contributed by atoms with Crippen LogP contribution in [0.5, 0.6) is 0 Å².